The van der Waals surface area contributed by atoms with Crippen LogP contribution >= 0.6 is 0 Å². The number of nitrogens with zero attached hydrogens (tertiary/aromatic N) is 1. The van der Waals surface area contributed by atoms with Crippen LogP contribution in [0.15, 0.2) is 48.5 Å². The molecule has 138 valence electrons. The summed E-state index contributed by atoms with van der Waals surface area (Å²) >= 11 is 0. The highest BCUT2D eigenvalue weighted by Crippen LogP contribution is 2.23. The lowest BCUT2D eigenvalue weighted by atomic mass is 9.90. The highest BCUT2D eigenvalue weighted by Gasteiger charge is 2.22. The summed E-state index contributed by atoms with van der Waals surface area (Å²) in [5.41, 5.74) is 1.64. The Balaban J connectivity index is 1.41. The Morgan fingerprint density at radius 3 is 2.46 bits per heavy atom. The molecule has 2 nitrogen and oxygen atoms in total. The van der Waals surface area contributed by atoms with Crippen LogP contribution in [0.5, 0.6) is 0 Å². The first kappa shape index (κ1) is 18.6. The summed E-state index contributed by atoms with van der Waals surface area (Å²) in [5, 5.41) is 0. The van der Waals surface area contributed by atoms with Gasteiger partial charge in [-0.05, 0) is 67.3 Å². The number of likely N-dealkylation sites (tertiary alicyclic amines) is 1. The first-order chi connectivity index (χ1) is 12.6. The van der Waals surface area contributed by atoms with Crippen LogP contribution in [0.4, 0.5) is 8.78 Å². The SMILES string of the molecule is O=C(CCc1cc(F)ccc1F)N1CCC(CCc2ccccc2)CC1. The maximum Gasteiger partial charge on any atom is 0.222 e. The zero-order valence-corrected chi connectivity index (χ0v) is 15.0. The van der Waals surface area contributed by atoms with Crippen LogP contribution in [0.3, 0.4) is 0 Å². The number of benzene rings is 2. The maximum absolute atomic E-state index is 13.6. The third-order valence-corrected chi connectivity index (χ3v) is 5.27. The van der Waals surface area contributed by atoms with Crippen molar-refractivity contribution in [3.8, 4) is 0 Å². The fourth-order valence-electron chi connectivity index (χ4n) is 3.62. The third kappa shape index (κ3) is 5.13. The lowest BCUT2D eigenvalue weighted by molar-refractivity contribution is -0.132. The lowest BCUT2D eigenvalue weighted by Crippen LogP contribution is -2.38. The number of rotatable bonds is 6. The second kappa shape index (κ2) is 8.93. The first-order valence-electron chi connectivity index (χ1n) is 9.37. The summed E-state index contributed by atoms with van der Waals surface area (Å²) in [6.45, 7) is 1.54. The van der Waals surface area contributed by atoms with Gasteiger partial charge in [0.25, 0.3) is 0 Å². The van der Waals surface area contributed by atoms with Crippen LogP contribution in [-0.4, -0.2) is 23.9 Å². The van der Waals surface area contributed by atoms with Gasteiger partial charge in [-0.15, -0.1) is 0 Å². The van der Waals surface area contributed by atoms with Gasteiger partial charge in [0, 0.05) is 19.5 Å². The van der Waals surface area contributed by atoms with Crippen LogP contribution < -0.4 is 0 Å². The standard InChI is InChI=1S/C22H25F2NO/c23-20-9-10-21(24)19(16-20)8-11-22(26)25-14-12-18(13-15-25)7-6-17-4-2-1-3-5-17/h1-5,9-10,16,18H,6-8,11-15H2. The molecule has 0 radical (unpaired) electrons. The van der Waals surface area contributed by atoms with Gasteiger partial charge in [-0.2, -0.15) is 0 Å². The quantitative estimate of drug-likeness (QED) is 0.729. The van der Waals surface area contributed by atoms with Crippen molar-refractivity contribution in [3.05, 3.63) is 71.3 Å². The molecule has 3 rings (SSSR count). The normalized spacial score (nSPS) is 15.2. The molecule has 0 bridgehead atoms. The predicted molar refractivity (Wildman–Crippen MR) is 98.7 cm³/mol. The zero-order chi connectivity index (χ0) is 18.4. The van der Waals surface area contributed by atoms with Gasteiger partial charge in [0.15, 0.2) is 0 Å². The molecular weight excluding hydrogens is 332 g/mol. The van der Waals surface area contributed by atoms with E-state index < -0.39 is 11.6 Å². The molecule has 0 spiro atoms. The zero-order valence-electron chi connectivity index (χ0n) is 15.0. The molecule has 1 amide bonds. The van der Waals surface area contributed by atoms with Crippen molar-refractivity contribution >= 4 is 5.91 Å². The number of hydrogen-bond acceptors (Lipinski definition) is 1. The first-order valence-corrected chi connectivity index (χ1v) is 9.37. The molecule has 0 N–H and O–H groups in total. The number of aryl methyl sites for hydroxylation is 2. The molecule has 1 aliphatic heterocycles. The van der Waals surface area contributed by atoms with E-state index in [-0.39, 0.29) is 24.3 Å². The predicted octanol–water partition coefficient (Wildman–Crippen LogP) is 4.77. The Kier molecular flexibility index (Phi) is 6.37. The molecular formula is C22H25F2NO. The number of amides is 1. The number of carbonyl (C=O) groups is 1. The van der Waals surface area contributed by atoms with E-state index in [1.807, 2.05) is 11.0 Å². The van der Waals surface area contributed by atoms with Crippen LogP contribution in [0.2, 0.25) is 0 Å². The van der Waals surface area contributed by atoms with Gasteiger partial charge < -0.3 is 4.90 Å². The van der Waals surface area contributed by atoms with Gasteiger partial charge in [-0.1, -0.05) is 30.3 Å². The van der Waals surface area contributed by atoms with Gasteiger partial charge in [0.1, 0.15) is 11.6 Å². The summed E-state index contributed by atoms with van der Waals surface area (Å²) in [6.07, 6.45) is 4.75. The average molecular weight is 357 g/mol. The van der Waals surface area contributed by atoms with Crippen molar-refractivity contribution in [2.24, 2.45) is 5.92 Å². The molecule has 0 saturated carbocycles. The summed E-state index contributed by atoms with van der Waals surface area (Å²) in [7, 11) is 0. The van der Waals surface area contributed by atoms with Crippen molar-refractivity contribution < 1.29 is 13.6 Å². The molecule has 1 fully saturated rings. The van der Waals surface area contributed by atoms with Gasteiger partial charge in [0.2, 0.25) is 5.91 Å². The minimum absolute atomic E-state index is 0.0372. The van der Waals surface area contributed by atoms with E-state index >= 15 is 0 Å². The highest BCUT2D eigenvalue weighted by atomic mass is 19.1. The molecule has 0 atom stereocenters. The maximum atomic E-state index is 13.6. The van der Waals surface area contributed by atoms with Crippen molar-refractivity contribution in [1.82, 2.24) is 4.90 Å². The van der Waals surface area contributed by atoms with Crippen LogP contribution in [-0.2, 0) is 17.6 Å². The summed E-state index contributed by atoms with van der Waals surface area (Å²) in [4.78, 5) is 14.2. The number of carbonyl (C=O) groups excluding carboxylic acids is 1. The molecule has 2 aromatic carbocycles. The summed E-state index contributed by atoms with van der Waals surface area (Å²) in [5.74, 6) is -0.220. The smallest absolute Gasteiger partial charge is 0.222 e. The molecule has 2 aromatic rings. The molecule has 1 saturated heterocycles. The average Bonchev–Trinajstić information content (AvgIpc) is 2.68. The number of piperidine rings is 1. The van der Waals surface area contributed by atoms with Gasteiger partial charge >= 0.3 is 0 Å². The Hall–Kier alpha value is -2.23. The van der Waals surface area contributed by atoms with Crippen LogP contribution in [0, 0.1) is 17.6 Å². The molecule has 1 heterocycles. The third-order valence-electron chi connectivity index (χ3n) is 5.27. The monoisotopic (exact) mass is 357 g/mol. The minimum atomic E-state index is -0.465. The Morgan fingerprint density at radius 1 is 1.00 bits per heavy atom. The van der Waals surface area contributed by atoms with E-state index in [2.05, 4.69) is 24.3 Å². The van der Waals surface area contributed by atoms with Gasteiger partial charge in [-0.3, -0.25) is 4.79 Å². The molecule has 0 aromatic heterocycles. The lowest BCUT2D eigenvalue weighted by Gasteiger charge is -2.32. The molecule has 26 heavy (non-hydrogen) atoms. The van der Waals surface area contributed by atoms with Crippen LogP contribution in [0.25, 0.3) is 0 Å². The van der Waals surface area contributed by atoms with E-state index in [0.29, 0.717) is 5.92 Å². The Morgan fingerprint density at radius 2 is 1.73 bits per heavy atom. The van der Waals surface area contributed by atoms with Gasteiger partial charge in [-0.25, -0.2) is 8.78 Å². The summed E-state index contributed by atoms with van der Waals surface area (Å²) in [6, 6.07) is 13.9. The summed E-state index contributed by atoms with van der Waals surface area (Å²) < 4.78 is 26.8. The molecule has 0 aliphatic carbocycles. The van der Waals surface area contributed by atoms with Crippen molar-refractivity contribution in [3.63, 3.8) is 0 Å². The minimum Gasteiger partial charge on any atom is -0.343 e. The van der Waals surface area contributed by atoms with E-state index in [9.17, 15) is 13.6 Å². The second-order valence-corrected chi connectivity index (χ2v) is 7.08. The highest BCUT2D eigenvalue weighted by molar-refractivity contribution is 5.76. The van der Waals surface area contributed by atoms with Crippen molar-refractivity contribution in [2.45, 2.75) is 38.5 Å². The van der Waals surface area contributed by atoms with E-state index in [4.69, 9.17) is 0 Å². The largest absolute Gasteiger partial charge is 0.343 e. The fraction of sp³-hybridized carbons (Fsp3) is 0.409. The molecule has 0 unspecified atom stereocenters. The van der Waals surface area contributed by atoms with E-state index in [1.54, 1.807) is 0 Å². The van der Waals surface area contributed by atoms with E-state index in [0.717, 1.165) is 50.9 Å². The van der Waals surface area contributed by atoms with E-state index in [1.165, 1.54) is 11.6 Å². The topological polar surface area (TPSA) is 20.3 Å². The number of halogens is 2. The van der Waals surface area contributed by atoms with Gasteiger partial charge in [0.05, 0.1) is 0 Å². The van der Waals surface area contributed by atoms with Crippen molar-refractivity contribution in [2.75, 3.05) is 13.1 Å². The Labute approximate surface area is 153 Å². The Bertz CT molecular complexity index is 724. The van der Waals surface area contributed by atoms with Crippen molar-refractivity contribution in [1.29, 1.82) is 0 Å². The van der Waals surface area contributed by atoms with Crippen LogP contribution in [0.1, 0.15) is 36.8 Å². The fourth-order valence-corrected chi connectivity index (χ4v) is 3.62. The second-order valence-electron chi connectivity index (χ2n) is 7.08. The number of hydrogen-bond donors (Lipinski definition) is 0. The molecule has 1 aliphatic rings. The molecule has 4 heteroatoms.